The molecule has 0 spiro atoms. The van der Waals surface area contributed by atoms with Gasteiger partial charge in [0.2, 0.25) is 21.8 Å². The Labute approximate surface area is 210 Å². The number of sulfonamides is 1. The molecule has 0 unspecified atom stereocenters. The second-order valence-electron chi connectivity index (χ2n) is 8.89. The minimum Gasteiger partial charge on any atom is -0.352 e. The van der Waals surface area contributed by atoms with Gasteiger partial charge < -0.3 is 10.2 Å². The van der Waals surface area contributed by atoms with Crippen molar-refractivity contribution in [2.45, 2.75) is 63.1 Å². The monoisotopic (exact) mass is 549 g/mol. The molecule has 2 aromatic rings. The molecule has 184 valence electrons. The Hall–Kier alpha value is -2.23. The van der Waals surface area contributed by atoms with E-state index in [2.05, 4.69) is 21.2 Å². The summed E-state index contributed by atoms with van der Waals surface area (Å²) in [4.78, 5) is 28.0. The van der Waals surface area contributed by atoms with Crippen molar-refractivity contribution in [3.05, 3.63) is 64.1 Å². The van der Waals surface area contributed by atoms with Gasteiger partial charge in [-0.15, -0.1) is 0 Å². The fraction of sp³-hybridized carbons (Fsp3) is 0.440. The summed E-state index contributed by atoms with van der Waals surface area (Å²) in [5, 5.41) is 3.05. The maximum Gasteiger partial charge on any atom is 0.243 e. The van der Waals surface area contributed by atoms with Crippen LogP contribution in [0.25, 0.3) is 0 Å². The van der Waals surface area contributed by atoms with Crippen LogP contribution in [0.4, 0.5) is 0 Å². The largest absolute Gasteiger partial charge is 0.352 e. The van der Waals surface area contributed by atoms with Crippen molar-refractivity contribution in [2.24, 2.45) is 0 Å². The predicted molar refractivity (Wildman–Crippen MR) is 136 cm³/mol. The van der Waals surface area contributed by atoms with Crippen molar-refractivity contribution in [1.82, 2.24) is 14.5 Å². The molecule has 3 rings (SSSR count). The lowest BCUT2D eigenvalue weighted by Crippen LogP contribution is -2.52. The van der Waals surface area contributed by atoms with Crippen molar-refractivity contribution in [3.8, 4) is 0 Å². The van der Waals surface area contributed by atoms with Gasteiger partial charge in [-0.25, -0.2) is 8.42 Å². The molecule has 0 saturated heterocycles. The van der Waals surface area contributed by atoms with Gasteiger partial charge in [-0.3, -0.25) is 9.59 Å². The Bertz CT molecular complexity index is 1120. The first-order chi connectivity index (χ1) is 16.1. The molecule has 0 aromatic heterocycles. The van der Waals surface area contributed by atoms with Gasteiger partial charge in [-0.2, -0.15) is 4.31 Å². The first-order valence-electron chi connectivity index (χ1n) is 11.4. The zero-order valence-electron chi connectivity index (χ0n) is 19.8. The third-order valence-corrected chi connectivity index (χ3v) is 8.51. The minimum atomic E-state index is -3.85. The summed E-state index contributed by atoms with van der Waals surface area (Å²) >= 11 is 3.44. The molecule has 1 saturated carbocycles. The lowest BCUT2D eigenvalue weighted by atomic mass is 10.1. The smallest absolute Gasteiger partial charge is 0.243 e. The molecule has 0 heterocycles. The quantitative estimate of drug-likeness (QED) is 0.514. The van der Waals surface area contributed by atoms with E-state index >= 15 is 0 Å². The lowest BCUT2D eigenvalue weighted by molar-refractivity contribution is -0.140. The van der Waals surface area contributed by atoms with Gasteiger partial charge >= 0.3 is 0 Å². The minimum absolute atomic E-state index is 0.124. The van der Waals surface area contributed by atoms with Crippen molar-refractivity contribution < 1.29 is 18.0 Å². The molecule has 7 nitrogen and oxygen atoms in total. The number of hydrogen-bond acceptors (Lipinski definition) is 4. The van der Waals surface area contributed by atoms with Crippen LogP contribution < -0.4 is 5.32 Å². The molecule has 0 aliphatic heterocycles. The third kappa shape index (κ3) is 6.67. The molecular weight excluding hydrogens is 518 g/mol. The fourth-order valence-electron chi connectivity index (χ4n) is 4.06. The molecule has 1 atom stereocenters. The standard InChI is InChI=1S/C25H32BrN3O4S/c1-18-11-13-23(14-12-18)34(32,33)28(3)17-24(30)29(16-20-7-6-8-21(26)15-20)19(2)25(31)27-22-9-4-5-10-22/h6-8,11-15,19,22H,4-5,9-10,16-17H2,1-3H3,(H,27,31)/t19-/m0/s1. The highest BCUT2D eigenvalue weighted by Gasteiger charge is 2.31. The molecule has 1 N–H and O–H groups in total. The normalized spacial score (nSPS) is 15.3. The van der Waals surface area contributed by atoms with Crippen LogP contribution in [-0.2, 0) is 26.2 Å². The van der Waals surface area contributed by atoms with Crippen LogP contribution in [0.2, 0.25) is 0 Å². The van der Waals surface area contributed by atoms with E-state index in [1.54, 1.807) is 19.1 Å². The summed E-state index contributed by atoms with van der Waals surface area (Å²) in [6, 6.07) is 13.4. The van der Waals surface area contributed by atoms with Crippen LogP contribution in [0.5, 0.6) is 0 Å². The molecule has 34 heavy (non-hydrogen) atoms. The zero-order chi connectivity index (χ0) is 24.9. The highest BCUT2D eigenvalue weighted by atomic mass is 79.9. The summed E-state index contributed by atoms with van der Waals surface area (Å²) in [5.41, 5.74) is 1.78. The Morgan fingerprint density at radius 2 is 1.76 bits per heavy atom. The number of rotatable bonds is 9. The molecule has 2 aromatic carbocycles. The van der Waals surface area contributed by atoms with Crippen molar-refractivity contribution in [2.75, 3.05) is 13.6 Å². The lowest BCUT2D eigenvalue weighted by Gasteiger charge is -2.31. The zero-order valence-corrected chi connectivity index (χ0v) is 22.2. The van der Waals surface area contributed by atoms with E-state index in [1.807, 2.05) is 31.2 Å². The van der Waals surface area contributed by atoms with E-state index < -0.39 is 22.0 Å². The Morgan fingerprint density at radius 1 is 1.12 bits per heavy atom. The number of aryl methyl sites for hydroxylation is 1. The summed E-state index contributed by atoms with van der Waals surface area (Å²) in [6.07, 6.45) is 4.05. The summed E-state index contributed by atoms with van der Waals surface area (Å²) in [7, 11) is -2.47. The second-order valence-corrected chi connectivity index (χ2v) is 11.9. The summed E-state index contributed by atoms with van der Waals surface area (Å²) < 4.78 is 27.9. The molecule has 1 aliphatic rings. The first kappa shape index (κ1) is 26.4. The van der Waals surface area contributed by atoms with Crippen LogP contribution in [0.15, 0.2) is 57.9 Å². The van der Waals surface area contributed by atoms with Gasteiger partial charge in [0.15, 0.2) is 0 Å². The SMILES string of the molecule is Cc1ccc(S(=O)(=O)N(C)CC(=O)N(Cc2cccc(Br)c2)[C@@H](C)C(=O)NC2CCCC2)cc1. The molecule has 1 fully saturated rings. The maximum atomic E-state index is 13.4. The van der Waals surface area contributed by atoms with Crippen LogP contribution in [0.3, 0.4) is 0 Å². The number of likely N-dealkylation sites (N-methyl/N-ethyl adjacent to an activating group) is 1. The average molecular weight is 551 g/mol. The number of hydrogen-bond donors (Lipinski definition) is 1. The average Bonchev–Trinajstić information content (AvgIpc) is 3.30. The van der Waals surface area contributed by atoms with Gasteiger partial charge in [0.25, 0.3) is 0 Å². The second kappa shape index (κ2) is 11.5. The number of halogens is 1. The highest BCUT2D eigenvalue weighted by Crippen LogP contribution is 2.20. The summed E-state index contributed by atoms with van der Waals surface area (Å²) in [6.45, 7) is 3.39. The number of nitrogens with one attached hydrogen (secondary N) is 1. The Balaban J connectivity index is 1.79. The van der Waals surface area contributed by atoms with Gasteiger partial charge in [-0.05, 0) is 56.5 Å². The Kier molecular flexibility index (Phi) is 8.89. The third-order valence-electron chi connectivity index (χ3n) is 6.20. The van der Waals surface area contributed by atoms with Gasteiger partial charge in [-0.1, -0.05) is 58.6 Å². The van der Waals surface area contributed by atoms with Crippen molar-refractivity contribution in [1.29, 1.82) is 0 Å². The van der Waals surface area contributed by atoms with E-state index in [1.165, 1.54) is 24.1 Å². The molecule has 9 heteroatoms. The van der Waals surface area contributed by atoms with E-state index in [0.717, 1.165) is 45.6 Å². The van der Waals surface area contributed by atoms with E-state index in [9.17, 15) is 18.0 Å². The van der Waals surface area contributed by atoms with Crippen LogP contribution in [-0.4, -0.2) is 55.1 Å². The number of nitrogens with zero attached hydrogens (tertiary/aromatic N) is 2. The molecular formula is C25H32BrN3O4S. The molecule has 1 aliphatic carbocycles. The number of amides is 2. The predicted octanol–water partition coefficient (Wildman–Crippen LogP) is 3.85. The van der Waals surface area contributed by atoms with Crippen LogP contribution in [0.1, 0.15) is 43.7 Å². The number of benzene rings is 2. The van der Waals surface area contributed by atoms with Gasteiger partial charge in [0, 0.05) is 24.1 Å². The van der Waals surface area contributed by atoms with Crippen LogP contribution in [0, 0.1) is 6.92 Å². The molecule has 0 radical (unpaired) electrons. The first-order valence-corrected chi connectivity index (χ1v) is 13.7. The van der Waals surface area contributed by atoms with E-state index in [0.29, 0.717) is 0 Å². The highest BCUT2D eigenvalue weighted by molar-refractivity contribution is 9.10. The topological polar surface area (TPSA) is 86.8 Å². The van der Waals surface area contributed by atoms with E-state index in [-0.39, 0.29) is 29.9 Å². The number of carbonyl (C=O) groups excluding carboxylic acids is 2. The maximum absolute atomic E-state index is 13.4. The summed E-state index contributed by atoms with van der Waals surface area (Å²) in [5.74, 6) is -0.661. The van der Waals surface area contributed by atoms with Crippen molar-refractivity contribution >= 4 is 37.8 Å². The van der Waals surface area contributed by atoms with Gasteiger partial charge in [0.1, 0.15) is 6.04 Å². The van der Waals surface area contributed by atoms with Crippen LogP contribution >= 0.6 is 15.9 Å². The number of carbonyl (C=O) groups is 2. The van der Waals surface area contributed by atoms with Crippen molar-refractivity contribution in [3.63, 3.8) is 0 Å². The molecule has 2 amide bonds. The fourth-order valence-corrected chi connectivity index (χ4v) is 5.63. The molecule has 0 bridgehead atoms. The van der Waals surface area contributed by atoms with Gasteiger partial charge in [0.05, 0.1) is 11.4 Å². The Morgan fingerprint density at radius 3 is 2.38 bits per heavy atom. The van der Waals surface area contributed by atoms with E-state index in [4.69, 9.17) is 0 Å².